The lowest BCUT2D eigenvalue weighted by Crippen LogP contribution is -2.32. The Balaban J connectivity index is 1.48. The van der Waals surface area contributed by atoms with Gasteiger partial charge in [0.1, 0.15) is 12.4 Å². The first kappa shape index (κ1) is 19.6. The fourth-order valence-electron chi connectivity index (χ4n) is 3.04. The number of sulfonamides is 1. The van der Waals surface area contributed by atoms with E-state index in [2.05, 4.69) is 35.2 Å². The van der Waals surface area contributed by atoms with Gasteiger partial charge in [0.2, 0.25) is 10.0 Å². The molecule has 0 N–H and O–H groups in total. The van der Waals surface area contributed by atoms with Crippen LogP contribution in [0.25, 0.3) is 5.57 Å². The molecular formula is C21H26N2O3S. The van der Waals surface area contributed by atoms with Crippen LogP contribution in [0.1, 0.15) is 12.0 Å². The zero-order chi connectivity index (χ0) is 19.3. The summed E-state index contributed by atoms with van der Waals surface area (Å²) in [5.74, 6) is 0.685. The molecule has 0 unspecified atom stereocenters. The molecule has 0 radical (unpaired) electrons. The van der Waals surface area contributed by atoms with Gasteiger partial charge >= 0.3 is 0 Å². The average molecular weight is 387 g/mol. The average Bonchev–Trinajstić information content (AvgIpc) is 2.69. The molecule has 0 saturated carbocycles. The van der Waals surface area contributed by atoms with Crippen molar-refractivity contribution in [2.75, 3.05) is 40.3 Å². The molecule has 27 heavy (non-hydrogen) atoms. The summed E-state index contributed by atoms with van der Waals surface area (Å²) in [7, 11) is -0.349. The van der Waals surface area contributed by atoms with Crippen LogP contribution in [0, 0.1) is 0 Å². The summed E-state index contributed by atoms with van der Waals surface area (Å²) in [6.07, 6.45) is 3.33. The zero-order valence-electron chi connectivity index (χ0n) is 15.8. The number of rotatable bonds is 7. The number of benzene rings is 2. The molecule has 2 aromatic carbocycles. The molecular weight excluding hydrogens is 360 g/mol. The van der Waals surface area contributed by atoms with Crippen molar-refractivity contribution < 1.29 is 13.2 Å². The van der Waals surface area contributed by atoms with Gasteiger partial charge in [-0.1, -0.05) is 36.4 Å². The van der Waals surface area contributed by atoms with Crippen molar-refractivity contribution in [1.82, 2.24) is 9.21 Å². The largest absolute Gasteiger partial charge is 0.492 e. The monoisotopic (exact) mass is 386 g/mol. The summed E-state index contributed by atoms with van der Waals surface area (Å²) in [5, 5.41) is 0. The summed E-state index contributed by atoms with van der Waals surface area (Å²) in [6.45, 7) is 3.36. The summed E-state index contributed by atoms with van der Waals surface area (Å²) in [5.41, 5.74) is 2.71. The van der Waals surface area contributed by atoms with Gasteiger partial charge in [-0.05, 0) is 41.8 Å². The Bertz CT molecular complexity index is 875. The summed E-state index contributed by atoms with van der Waals surface area (Å²) in [6, 6.07) is 17.1. The second-order valence-electron chi connectivity index (χ2n) is 6.75. The maximum atomic E-state index is 12.1. The second kappa shape index (κ2) is 8.69. The molecule has 0 amide bonds. The highest BCUT2D eigenvalue weighted by molar-refractivity contribution is 7.89. The molecule has 2 aromatic rings. The number of nitrogens with zero attached hydrogens (tertiary/aromatic N) is 2. The third-order valence-corrected chi connectivity index (χ3v) is 6.55. The minimum absolute atomic E-state index is 0.273. The highest BCUT2D eigenvalue weighted by Crippen LogP contribution is 2.22. The fraction of sp³-hybridized carbons (Fsp3) is 0.333. The smallest absolute Gasteiger partial charge is 0.242 e. The molecule has 5 nitrogen and oxygen atoms in total. The van der Waals surface area contributed by atoms with Crippen molar-refractivity contribution in [3.8, 4) is 5.75 Å². The Morgan fingerprint density at radius 3 is 2.33 bits per heavy atom. The van der Waals surface area contributed by atoms with E-state index in [1.165, 1.54) is 29.5 Å². The molecule has 0 spiro atoms. The van der Waals surface area contributed by atoms with Crippen LogP contribution in [0.5, 0.6) is 5.75 Å². The van der Waals surface area contributed by atoms with Crippen LogP contribution in [0.4, 0.5) is 0 Å². The summed E-state index contributed by atoms with van der Waals surface area (Å²) >= 11 is 0. The fourth-order valence-corrected chi connectivity index (χ4v) is 3.94. The van der Waals surface area contributed by atoms with Gasteiger partial charge < -0.3 is 4.74 Å². The Kier molecular flexibility index (Phi) is 6.31. The molecule has 0 bridgehead atoms. The highest BCUT2D eigenvalue weighted by atomic mass is 32.2. The van der Waals surface area contributed by atoms with Gasteiger partial charge in [0.05, 0.1) is 4.90 Å². The van der Waals surface area contributed by atoms with E-state index in [1.54, 1.807) is 24.3 Å². The van der Waals surface area contributed by atoms with Crippen LogP contribution in [-0.2, 0) is 10.0 Å². The van der Waals surface area contributed by atoms with Crippen molar-refractivity contribution in [2.45, 2.75) is 11.3 Å². The highest BCUT2D eigenvalue weighted by Gasteiger charge is 2.17. The van der Waals surface area contributed by atoms with Crippen molar-refractivity contribution in [2.24, 2.45) is 0 Å². The van der Waals surface area contributed by atoms with Gasteiger partial charge in [-0.2, -0.15) is 0 Å². The van der Waals surface area contributed by atoms with Crippen LogP contribution >= 0.6 is 0 Å². The molecule has 144 valence electrons. The molecule has 1 aliphatic rings. The lowest BCUT2D eigenvalue weighted by molar-refractivity contribution is 0.222. The molecule has 1 aliphatic heterocycles. The number of ether oxygens (including phenoxy) is 1. The molecule has 0 aromatic heterocycles. The van der Waals surface area contributed by atoms with E-state index in [1.807, 2.05) is 6.07 Å². The van der Waals surface area contributed by atoms with E-state index in [-0.39, 0.29) is 4.90 Å². The van der Waals surface area contributed by atoms with Crippen molar-refractivity contribution in [3.63, 3.8) is 0 Å². The molecule has 3 rings (SSSR count). The van der Waals surface area contributed by atoms with E-state index >= 15 is 0 Å². The zero-order valence-corrected chi connectivity index (χ0v) is 16.7. The predicted octanol–water partition coefficient (Wildman–Crippen LogP) is 3.11. The van der Waals surface area contributed by atoms with Gasteiger partial charge in [0.15, 0.2) is 0 Å². The molecule has 6 heteroatoms. The van der Waals surface area contributed by atoms with E-state index in [0.29, 0.717) is 12.4 Å². The lowest BCUT2D eigenvalue weighted by Gasteiger charge is -2.26. The van der Waals surface area contributed by atoms with Crippen LogP contribution in [0.3, 0.4) is 0 Å². The van der Waals surface area contributed by atoms with Crippen LogP contribution in [0.15, 0.2) is 65.6 Å². The molecule has 0 fully saturated rings. The minimum atomic E-state index is -3.40. The molecule has 0 aliphatic carbocycles. The Morgan fingerprint density at radius 1 is 1.04 bits per heavy atom. The quantitative estimate of drug-likeness (QED) is 0.734. The first-order valence-corrected chi connectivity index (χ1v) is 10.5. The topological polar surface area (TPSA) is 49.9 Å². The van der Waals surface area contributed by atoms with Gasteiger partial charge in [-0.25, -0.2) is 12.7 Å². The third kappa shape index (κ3) is 4.97. The third-order valence-electron chi connectivity index (χ3n) is 4.72. The van der Waals surface area contributed by atoms with Crippen molar-refractivity contribution in [3.05, 3.63) is 66.2 Å². The van der Waals surface area contributed by atoms with Crippen LogP contribution < -0.4 is 4.74 Å². The van der Waals surface area contributed by atoms with Gasteiger partial charge in [0.25, 0.3) is 0 Å². The maximum absolute atomic E-state index is 12.1. The van der Waals surface area contributed by atoms with E-state index in [9.17, 15) is 8.42 Å². The summed E-state index contributed by atoms with van der Waals surface area (Å²) in [4.78, 5) is 2.63. The minimum Gasteiger partial charge on any atom is -0.492 e. The Morgan fingerprint density at radius 2 is 1.74 bits per heavy atom. The van der Waals surface area contributed by atoms with Crippen LogP contribution in [0.2, 0.25) is 0 Å². The number of hydrogen-bond donors (Lipinski definition) is 0. The first-order chi connectivity index (χ1) is 13.0. The van der Waals surface area contributed by atoms with Crippen molar-refractivity contribution in [1.29, 1.82) is 0 Å². The molecule has 0 saturated heterocycles. The lowest BCUT2D eigenvalue weighted by atomic mass is 10.00. The summed E-state index contributed by atoms with van der Waals surface area (Å²) < 4.78 is 31.1. The molecule has 0 atom stereocenters. The first-order valence-electron chi connectivity index (χ1n) is 9.09. The van der Waals surface area contributed by atoms with Gasteiger partial charge in [0, 0.05) is 33.7 Å². The maximum Gasteiger partial charge on any atom is 0.242 e. The second-order valence-corrected chi connectivity index (χ2v) is 8.91. The SMILES string of the molecule is CN(C)S(=O)(=O)c1ccc(OCCN2CC=C(c3ccccc3)CC2)cc1. The van der Waals surface area contributed by atoms with Crippen LogP contribution in [-0.4, -0.2) is 58.0 Å². The van der Waals surface area contributed by atoms with E-state index in [4.69, 9.17) is 4.74 Å². The van der Waals surface area contributed by atoms with Gasteiger partial charge in [-0.15, -0.1) is 0 Å². The Hall–Kier alpha value is -2.15. The standard InChI is InChI=1S/C21H26N2O3S/c1-22(2)27(24,25)21-10-8-20(9-11-21)26-17-16-23-14-12-19(13-15-23)18-6-4-3-5-7-18/h3-12H,13-17H2,1-2H3. The van der Waals surface area contributed by atoms with E-state index < -0.39 is 10.0 Å². The normalized spacial score (nSPS) is 15.6. The predicted molar refractivity (Wildman–Crippen MR) is 108 cm³/mol. The number of hydrogen-bond acceptors (Lipinski definition) is 4. The Labute approximate surface area is 161 Å². The van der Waals surface area contributed by atoms with Crippen molar-refractivity contribution >= 4 is 15.6 Å². The molecule has 1 heterocycles. The van der Waals surface area contributed by atoms with Gasteiger partial charge in [-0.3, -0.25) is 4.90 Å². The van der Waals surface area contributed by atoms with E-state index in [0.717, 1.165) is 26.1 Å².